The number of benzene rings is 1. The van der Waals surface area contributed by atoms with E-state index in [9.17, 15) is 14.4 Å². The number of piperidine rings is 1. The summed E-state index contributed by atoms with van der Waals surface area (Å²) < 4.78 is 0. The fraction of sp³-hybridized carbons (Fsp3) is 0.560. The summed E-state index contributed by atoms with van der Waals surface area (Å²) in [5.74, 6) is 1.02. The molecule has 30 heavy (non-hydrogen) atoms. The first-order valence-electron chi connectivity index (χ1n) is 11.2. The number of Topliss-reactive ketones (excluding diaryl/α,β-unsaturated/α-hetero) is 2. The Kier molecular flexibility index (Phi) is 4.25. The predicted molar refractivity (Wildman–Crippen MR) is 114 cm³/mol. The molecule has 3 aliphatic carbocycles. The molecule has 1 heterocycles. The second kappa shape index (κ2) is 6.53. The van der Waals surface area contributed by atoms with Crippen LogP contribution in [0.2, 0.25) is 0 Å². The Hall–Kier alpha value is -2.43. The first-order chi connectivity index (χ1) is 14.2. The smallest absolute Gasteiger partial charge is 0.227 e. The summed E-state index contributed by atoms with van der Waals surface area (Å²) >= 11 is 0. The molecule has 0 radical (unpaired) electrons. The number of anilines is 1. The van der Waals surface area contributed by atoms with Crippen molar-refractivity contribution in [3.63, 3.8) is 0 Å². The summed E-state index contributed by atoms with van der Waals surface area (Å²) in [6.07, 6.45) is 6.02. The van der Waals surface area contributed by atoms with E-state index in [-0.39, 0.29) is 40.6 Å². The molecule has 5 heteroatoms. The molecule has 1 aromatic carbocycles. The molecular weight excluding hydrogens is 376 g/mol. The van der Waals surface area contributed by atoms with Crippen molar-refractivity contribution in [2.45, 2.75) is 58.9 Å². The lowest BCUT2D eigenvalue weighted by Crippen LogP contribution is -2.57. The van der Waals surface area contributed by atoms with Crippen LogP contribution in [0.15, 0.2) is 36.0 Å². The SMILES string of the molecule is C[C@]12CCC(=O)N(Cc3ccc(N)cc3)C1=CC[C@@H]1[C@@H]2C(=O)C[C@]2(C)C(=O)CC[C@@H]12. The van der Waals surface area contributed by atoms with Crippen LogP contribution in [-0.2, 0) is 20.9 Å². The zero-order valence-corrected chi connectivity index (χ0v) is 17.8. The number of amides is 1. The molecule has 1 aromatic rings. The summed E-state index contributed by atoms with van der Waals surface area (Å²) in [5.41, 5.74) is 7.75. The van der Waals surface area contributed by atoms with Gasteiger partial charge in [0.05, 0.1) is 6.54 Å². The number of fused-ring (bicyclic) bond motifs is 5. The Bertz CT molecular complexity index is 965. The second-order valence-electron chi connectivity index (χ2n) is 10.2. The molecule has 0 spiro atoms. The highest BCUT2D eigenvalue weighted by atomic mass is 16.2. The van der Waals surface area contributed by atoms with Gasteiger partial charge in [-0.25, -0.2) is 0 Å². The maximum absolute atomic E-state index is 13.5. The van der Waals surface area contributed by atoms with Gasteiger partial charge in [-0.2, -0.15) is 0 Å². The molecular formula is C25H30N2O3. The van der Waals surface area contributed by atoms with E-state index in [2.05, 4.69) is 13.0 Å². The molecule has 158 valence electrons. The van der Waals surface area contributed by atoms with Gasteiger partial charge in [0.15, 0.2) is 0 Å². The van der Waals surface area contributed by atoms with E-state index in [1.54, 1.807) is 0 Å². The van der Waals surface area contributed by atoms with Crippen molar-refractivity contribution in [1.82, 2.24) is 4.90 Å². The van der Waals surface area contributed by atoms with Crippen molar-refractivity contribution in [2.24, 2.45) is 28.6 Å². The molecule has 0 bridgehead atoms. The Labute approximate surface area is 177 Å². The van der Waals surface area contributed by atoms with Gasteiger partial charge in [-0.05, 0) is 48.8 Å². The standard InChI is InChI=1S/C25H30N2O3/c1-24-12-11-22(30)27(14-15-3-5-16(26)6-4-15)20(24)9-7-17-18-8-10-21(29)25(18,2)13-19(28)23(17)24/h3-6,9,17-18,23H,7-8,10-14,26H2,1-2H3/t17-,18-,23+,24-,25-/m0/s1. The molecule has 1 aliphatic heterocycles. The number of hydrogen-bond acceptors (Lipinski definition) is 4. The molecule has 1 saturated heterocycles. The summed E-state index contributed by atoms with van der Waals surface area (Å²) in [4.78, 5) is 40.9. The van der Waals surface area contributed by atoms with Crippen LogP contribution in [0.25, 0.3) is 0 Å². The highest BCUT2D eigenvalue weighted by molar-refractivity contribution is 5.96. The van der Waals surface area contributed by atoms with Gasteiger partial charge in [-0.15, -0.1) is 0 Å². The summed E-state index contributed by atoms with van der Waals surface area (Å²) in [5, 5.41) is 0. The van der Waals surface area contributed by atoms with Crippen LogP contribution in [0.1, 0.15) is 57.9 Å². The number of nitrogen functional groups attached to an aromatic ring is 1. The molecule has 1 amide bonds. The summed E-state index contributed by atoms with van der Waals surface area (Å²) in [7, 11) is 0. The van der Waals surface area contributed by atoms with Gasteiger partial charge in [0.25, 0.3) is 0 Å². The Balaban J connectivity index is 1.52. The fourth-order valence-electron chi connectivity index (χ4n) is 7.04. The van der Waals surface area contributed by atoms with Crippen LogP contribution in [0.4, 0.5) is 5.69 Å². The number of hydrogen-bond donors (Lipinski definition) is 1. The lowest BCUT2D eigenvalue weighted by molar-refractivity contribution is -0.152. The van der Waals surface area contributed by atoms with Crippen molar-refractivity contribution >= 4 is 23.2 Å². The number of rotatable bonds is 2. The van der Waals surface area contributed by atoms with E-state index in [1.807, 2.05) is 36.1 Å². The van der Waals surface area contributed by atoms with E-state index >= 15 is 0 Å². The van der Waals surface area contributed by atoms with Crippen molar-refractivity contribution in [3.8, 4) is 0 Å². The lowest BCUT2D eigenvalue weighted by atomic mass is 9.49. The maximum Gasteiger partial charge on any atom is 0.227 e. The minimum atomic E-state index is -0.478. The van der Waals surface area contributed by atoms with Crippen LogP contribution < -0.4 is 5.73 Å². The average Bonchev–Trinajstić information content (AvgIpc) is 3.00. The number of carbonyl (C=O) groups is 3. The van der Waals surface area contributed by atoms with Gasteiger partial charge in [0.2, 0.25) is 5.91 Å². The molecule has 2 N–H and O–H groups in total. The predicted octanol–water partition coefficient (Wildman–Crippen LogP) is 3.88. The Morgan fingerprint density at radius 2 is 1.80 bits per heavy atom. The first kappa shape index (κ1) is 19.5. The number of likely N-dealkylation sites (tertiary alicyclic amines) is 1. The van der Waals surface area contributed by atoms with Crippen LogP contribution in [0.5, 0.6) is 0 Å². The maximum atomic E-state index is 13.5. The largest absolute Gasteiger partial charge is 0.399 e. The monoisotopic (exact) mass is 406 g/mol. The highest BCUT2D eigenvalue weighted by Crippen LogP contribution is 2.62. The molecule has 3 fully saturated rings. The normalized spacial score (nSPS) is 38.1. The van der Waals surface area contributed by atoms with Crippen molar-refractivity contribution < 1.29 is 14.4 Å². The van der Waals surface area contributed by atoms with Crippen LogP contribution in [0, 0.1) is 28.6 Å². The van der Waals surface area contributed by atoms with Gasteiger partial charge in [0, 0.05) is 47.4 Å². The van der Waals surface area contributed by atoms with E-state index in [1.165, 1.54) is 0 Å². The van der Waals surface area contributed by atoms with Gasteiger partial charge >= 0.3 is 0 Å². The second-order valence-corrected chi connectivity index (χ2v) is 10.2. The number of carbonyl (C=O) groups excluding carboxylic acids is 3. The first-order valence-corrected chi connectivity index (χ1v) is 11.2. The molecule has 5 atom stereocenters. The van der Waals surface area contributed by atoms with Crippen molar-refractivity contribution in [2.75, 3.05) is 5.73 Å². The van der Waals surface area contributed by atoms with Gasteiger partial charge in [-0.1, -0.05) is 32.1 Å². The van der Waals surface area contributed by atoms with Crippen molar-refractivity contribution in [3.05, 3.63) is 41.6 Å². The van der Waals surface area contributed by atoms with Crippen LogP contribution >= 0.6 is 0 Å². The topological polar surface area (TPSA) is 80.5 Å². The zero-order valence-electron chi connectivity index (χ0n) is 17.8. The third kappa shape index (κ3) is 2.63. The fourth-order valence-corrected chi connectivity index (χ4v) is 7.04. The minimum Gasteiger partial charge on any atom is -0.399 e. The van der Waals surface area contributed by atoms with Gasteiger partial charge in [0.1, 0.15) is 11.6 Å². The van der Waals surface area contributed by atoms with Gasteiger partial charge < -0.3 is 10.6 Å². The summed E-state index contributed by atoms with van der Waals surface area (Å²) in [6.45, 7) is 4.70. The zero-order chi connectivity index (χ0) is 21.3. The summed E-state index contributed by atoms with van der Waals surface area (Å²) in [6, 6.07) is 7.64. The van der Waals surface area contributed by atoms with E-state index in [0.29, 0.717) is 37.9 Å². The minimum absolute atomic E-state index is 0.0940. The quantitative estimate of drug-likeness (QED) is 0.756. The van der Waals surface area contributed by atoms with Crippen LogP contribution in [-0.4, -0.2) is 22.4 Å². The Morgan fingerprint density at radius 3 is 2.53 bits per heavy atom. The number of allylic oxidation sites excluding steroid dienone is 2. The third-order valence-electron chi connectivity index (χ3n) is 8.60. The number of nitrogens with zero attached hydrogens (tertiary/aromatic N) is 1. The van der Waals surface area contributed by atoms with Crippen LogP contribution in [0.3, 0.4) is 0 Å². The third-order valence-corrected chi connectivity index (χ3v) is 8.60. The van der Waals surface area contributed by atoms with E-state index < -0.39 is 5.41 Å². The molecule has 4 aliphatic rings. The van der Waals surface area contributed by atoms with E-state index in [4.69, 9.17) is 5.73 Å². The lowest BCUT2D eigenvalue weighted by Gasteiger charge is -2.56. The highest BCUT2D eigenvalue weighted by Gasteiger charge is 2.62. The molecule has 0 unspecified atom stereocenters. The van der Waals surface area contributed by atoms with Gasteiger partial charge in [-0.3, -0.25) is 14.4 Å². The molecule has 5 nitrogen and oxygen atoms in total. The number of ketones is 2. The van der Waals surface area contributed by atoms with E-state index in [0.717, 1.165) is 24.1 Å². The van der Waals surface area contributed by atoms with Crippen molar-refractivity contribution in [1.29, 1.82) is 0 Å². The Morgan fingerprint density at radius 1 is 1.07 bits per heavy atom. The molecule has 5 rings (SSSR count). The molecule has 0 aromatic heterocycles. The molecule has 2 saturated carbocycles. The number of nitrogens with two attached hydrogens (primary N) is 1. The average molecular weight is 407 g/mol.